The number of nitrogen functional groups attached to an aromatic ring is 1. The van der Waals surface area contributed by atoms with Crippen molar-refractivity contribution in [3.05, 3.63) is 66.7 Å². The lowest BCUT2D eigenvalue weighted by Gasteiger charge is -2.31. The second-order valence-electron chi connectivity index (χ2n) is 9.48. The van der Waals surface area contributed by atoms with E-state index in [9.17, 15) is 8.42 Å². The van der Waals surface area contributed by atoms with E-state index < -0.39 is 10.0 Å². The first-order valence-corrected chi connectivity index (χ1v) is 13.6. The summed E-state index contributed by atoms with van der Waals surface area (Å²) in [6, 6.07) is 20.8. The second kappa shape index (κ2) is 9.79. The molecule has 1 saturated carbocycles. The van der Waals surface area contributed by atoms with Gasteiger partial charge in [-0.25, -0.2) is 17.7 Å². The van der Waals surface area contributed by atoms with Crippen LogP contribution in [-0.2, 0) is 10.0 Å². The predicted molar refractivity (Wildman–Crippen MR) is 142 cm³/mol. The van der Waals surface area contributed by atoms with Crippen LogP contribution in [0.3, 0.4) is 0 Å². The van der Waals surface area contributed by atoms with Crippen LogP contribution in [-0.4, -0.2) is 42.8 Å². The molecule has 0 radical (unpaired) electrons. The standard InChI is InChI=1S/C27H31N5O2S/c1-32(35(33,34)25-12-6-8-21-7-2-3-9-22(21)25)18-20-15-13-19(14-16-20)17-29-27-30-24-11-5-4-10-23(24)26(28)31-27/h2-12,19-20H,13-18H2,1H3,(H3,28,29,30,31). The van der Waals surface area contributed by atoms with Crippen molar-refractivity contribution < 1.29 is 8.42 Å². The summed E-state index contributed by atoms with van der Waals surface area (Å²) < 4.78 is 28.2. The van der Waals surface area contributed by atoms with Crippen molar-refractivity contribution in [3.8, 4) is 0 Å². The van der Waals surface area contributed by atoms with Crippen LogP contribution in [0.4, 0.5) is 11.8 Å². The highest BCUT2D eigenvalue weighted by atomic mass is 32.2. The number of hydrogen-bond donors (Lipinski definition) is 2. The number of benzene rings is 3. The Hall–Kier alpha value is -3.23. The van der Waals surface area contributed by atoms with Crippen LogP contribution in [0.1, 0.15) is 25.7 Å². The fourth-order valence-corrected chi connectivity index (χ4v) is 6.54. The number of sulfonamides is 1. The Bertz CT molecular complexity index is 1440. The van der Waals surface area contributed by atoms with E-state index >= 15 is 0 Å². The Morgan fingerprint density at radius 1 is 0.886 bits per heavy atom. The van der Waals surface area contributed by atoms with E-state index in [4.69, 9.17) is 5.73 Å². The molecule has 7 nitrogen and oxygen atoms in total. The van der Waals surface area contributed by atoms with E-state index in [2.05, 4.69) is 15.3 Å². The van der Waals surface area contributed by atoms with Gasteiger partial charge in [0.05, 0.1) is 10.4 Å². The number of nitrogens with two attached hydrogens (primary N) is 1. The summed E-state index contributed by atoms with van der Waals surface area (Å²) in [6.07, 6.45) is 4.09. The molecule has 0 saturated heterocycles. The molecule has 1 heterocycles. The molecule has 3 N–H and O–H groups in total. The summed E-state index contributed by atoms with van der Waals surface area (Å²) in [4.78, 5) is 9.36. The smallest absolute Gasteiger partial charge is 0.243 e. The number of nitrogens with one attached hydrogen (secondary N) is 1. The number of aromatic nitrogens is 2. The van der Waals surface area contributed by atoms with Crippen LogP contribution in [0.15, 0.2) is 71.6 Å². The van der Waals surface area contributed by atoms with Crippen molar-refractivity contribution in [1.82, 2.24) is 14.3 Å². The molecule has 0 bridgehead atoms. The molecule has 3 aromatic carbocycles. The van der Waals surface area contributed by atoms with Gasteiger partial charge in [-0.05, 0) is 61.1 Å². The fourth-order valence-electron chi connectivity index (χ4n) is 5.08. The van der Waals surface area contributed by atoms with Gasteiger partial charge in [0.15, 0.2) is 0 Å². The van der Waals surface area contributed by atoms with Crippen LogP contribution in [0.2, 0.25) is 0 Å². The van der Waals surface area contributed by atoms with E-state index in [1.807, 2.05) is 60.7 Å². The number of para-hydroxylation sites is 1. The topological polar surface area (TPSA) is 101 Å². The molecule has 1 aliphatic rings. The molecule has 1 aromatic heterocycles. The summed E-state index contributed by atoms with van der Waals surface area (Å²) in [6.45, 7) is 1.32. The lowest BCUT2D eigenvalue weighted by Crippen LogP contribution is -2.34. The minimum Gasteiger partial charge on any atom is -0.383 e. The molecular formula is C27H31N5O2S. The molecule has 1 fully saturated rings. The molecule has 35 heavy (non-hydrogen) atoms. The summed E-state index contributed by atoms with van der Waals surface area (Å²) in [5.41, 5.74) is 6.93. The van der Waals surface area contributed by atoms with Crippen molar-refractivity contribution in [1.29, 1.82) is 0 Å². The summed E-state index contributed by atoms with van der Waals surface area (Å²) >= 11 is 0. The highest BCUT2D eigenvalue weighted by Crippen LogP contribution is 2.32. The van der Waals surface area contributed by atoms with Gasteiger partial charge in [-0.1, -0.05) is 48.5 Å². The van der Waals surface area contributed by atoms with Crippen LogP contribution in [0.25, 0.3) is 21.7 Å². The predicted octanol–water partition coefficient (Wildman–Crippen LogP) is 4.90. The Kier molecular flexibility index (Phi) is 6.58. The summed E-state index contributed by atoms with van der Waals surface area (Å²) in [5.74, 6) is 1.90. The lowest BCUT2D eigenvalue weighted by molar-refractivity contribution is 0.251. The van der Waals surface area contributed by atoms with Crippen molar-refractivity contribution in [2.24, 2.45) is 11.8 Å². The third kappa shape index (κ3) is 4.94. The van der Waals surface area contributed by atoms with Crippen LogP contribution in [0.5, 0.6) is 0 Å². The summed E-state index contributed by atoms with van der Waals surface area (Å²) in [7, 11) is -1.85. The van der Waals surface area contributed by atoms with Gasteiger partial charge in [0.1, 0.15) is 5.82 Å². The molecule has 8 heteroatoms. The van der Waals surface area contributed by atoms with E-state index in [0.29, 0.717) is 35.0 Å². The van der Waals surface area contributed by atoms with E-state index in [0.717, 1.165) is 53.9 Å². The van der Waals surface area contributed by atoms with Gasteiger partial charge in [0, 0.05) is 30.9 Å². The van der Waals surface area contributed by atoms with E-state index in [1.165, 1.54) is 4.31 Å². The maximum Gasteiger partial charge on any atom is 0.243 e. The van der Waals surface area contributed by atoms with Crippen molar-refractivity contribution in [2.45, 2.75) is 30.6 Å². The highest BCUT2D eigenvalue weighted by Gasteiger charge is 2.28. The van der Waals surface area contributed by atoms with Gasteiger partial charge in [-0.3, -0.25) is 0 Å². The third-order valence-corrected chi connectivity index (χ3v) is 8.98. The van der Waals surface area contributed by atoms with E-state index in [1.54, 1.807) is 13.1 Å². The molecule has 182 valence electrons. The summed E-state index contributed by atoms with van der Waals surface area (Å²) in [5, 5.41) is 5.93. The van der Waals surface area contributed by atoms with Crippen LogP contribution in [0, 0.1) is 11.8 Å². The first kappa shape index (κ1) is 23.5. The molecule has 0 spiro atoms. The van der Waals surface area contributed by atoms with Gasteiger partial charge in [0.25, 0.3) is 0 Å². The largest absolute Gasteiger partial charge is 0.383 e. The molecule has 0 unspecified atom stereocenters. The minimum absolute atomic E-state index is 0.355. The average molecular weight is 490 g/mol. The Morgan fingerprint density at radius 3 is 2.34 bits per heavy atom. The lowest BCUT2D eigenvalue weighted by atomic mass is 9.82. The molecule has 0 atom stereocenters. The fraction of sp³-hybridized carbons (Fsp3) is 0.333. The third-order valence-electron chi connectivity index (χ3n) is 7.10. The van der Waals surface area contributed by atoms with Crippen molar-refractivity contribution in [3.63, 3.8) is 0 Å². The molecule has 1 aliphatic carbocycles. The minimum atomic E-state index is -3.55. The highest BCUT2D eigenvalue weighted by molar-refractivity contribution is 7.89. The molecular weight excluding hydrogens is 458 g/mol. The van der Waals surface area contributed by atoms with Gasteiger partial charge in [0.2, 0.25) is 16.0 Å². The Morgan fingerprint density at radius 2 is 1.54 bits per heavy atom. The number of rotatable bonds is 7. The first-order chi connectivity index (χ1) is 16.9. The van der Waals surface area contributed by atoms with Crippen LogP contribution < -0.4 is 11.1 Å². The monoisotopic (exact) mass is 489 g/mol. The maximum absolute atomic E-state index is 13.4. The molecule has 0 amide bonds. The van der Waals surface area contributed by atoms with Crippen LogP contribution >= 0.6 is 0 Å². The normalized spacial score (nSPS) is 18.8. The van der Waals surface area contributed by atoms with Gasteiger partial charge < -0.3 is 11.1 Å². The van der Waals surface area contributed by atoms with E-state index in [-0.39, 0.29) is 0 Å². The van der Waals surface area contributed by atoms with Crippen molar-refractivity contribution >= 4 is 43.5 Å². The zero-order valence-corrected chi connectivity index (χ0v) is 20.7. The average Bonchev–Trinajstić information content (AvgIpc) is 2.88. The quantitative estimate of drug-likeness (QED) is 0.383. The number of nitrogens with zero attached hydrogens (tertiary/aromatic N) is 3. The Balaban J connectivity index is 1.17. The second-order valence-corrected chi connectivity index (χ2v) is 11.5. The first-order valence-electron chi connectivity index (χ1n) is 12.1. The Labute approximate surface area is 206 Å². The zero-order valence-electron chi connectivity index (χ0n) is 19.9. The number of hydrogen-bond acceptors (Lipinski definition) is 6. The number of fused-ring (bicyclic) bond motifs is 2. The molecule has 4 aromatic rings. The molecule has 5 rings (SSSR count). The van der Waals surface area contributed by atoms with Gasteiger partial charge in [-0.2, -0.15) is 4.98 Å². The van der Waals surface area contributed by atoms with Gasteiger partial charge >= 0.3 is 0 Å². The van der Waals surface area contributed by atoms with Gasteiger partial charge in [-0.15, -0.1) is 0 Å². The SMILES string of the molecule is CN(CC1CCC(CNc2nc(N)c3ccccc3n2)CC1)S(=O)(=O)c1cccc2ccccc12. The number of anilines is 2. The zero-order chi connectivity index (χ0) is 24.4. The van der Waals surface area contributed by atoms with Crippen molar-refractivity contribution in [2.75, 3.05) is 31.2 Å². The molecule has 0 aliphatic heterocycles. The maximum atomic E-state index is 13.4.